The number of benzene rings is 2. The maximum atomic E-state index is 9.10. The first-order valence-electron chi connectivity index (χ1n) is 8.35. The molecular weight excluding hydrogens is 350 g/mol. The summed E-state index contributed by atoms with van der Waals surface area (Å²) in [6.45, 7) is 0. The number of para-hydroxylation sites is 2. The van der Waals surface area contributed by atoms with Crippen LogP contribution in [-0.4, -0.2) is 54.3 Å². The minimum Gasteiger partial charge on any atom is -0.493 e. The lowest BCUT2D eigenvalue weighted by Crippen LogP contribution is -2.34. The number of methoxy groups -OCH3 is 1. The Labute approximate surface area is 157 Å². The molecular formula is C20H23NO6. The Morgan fingerprint density at radius 1 is 0.963 bits per heavy atom. The molecule has 0 spiro atoms. The van der Waals surface area contributed by atoms with Gasteiger partial charge in [0.05, 0.1) is 13.2 Å². The van der Waals surface area contributed by atoms with E-state index in [2.05, 4.69) is 43.3 Å². The van der Waals surface area contributed by atoms with Crippen molar-refractivity contribution in [2.75, 3.05) is 21.2 Å². The predicted octanol–water partition coefficient (Wildman–Crippen LogP) is 2.46. The summed E-state index contributed by atoms with van der Waals surface area (Å²) in [5.74, 6) is -2.07. The van der Waals surface area contributed by atoms with Gasteiger partial charge in [-0.05, 0) is 43.8 Å². The number of fused-ring (bicyclic) bond motifs is 1. The number of aliphatic carboxylic acids is 2. The Kier molecular flexibility index (Phi) is 6.79. The van der Waals surface area contributed by atoms with Crippen molar-refractivity contribution < 1.29 is 29.3 Å². The van der Waals surface area contributed by atoms with Gasteiger partial charge >= 0.3 is 11.9 Å². The van der Waals surface area contributed by atoms with E-state index in [0.717, 1.165) is 17.9 Å². The molecule has 7 heteroatoms. The van der Waals surface area contributed by atoms with Gasteiger partial charge in [-0.3, -0.25) is 0 Å². The van der Waals surface area contributed by atoms with Crippen molar-refractivity contribution in [2.45, 2.75) is 18.6 Å². The number of likely N-dealkylation sites (N-methyl/N-ethyl adjacent to an activating group) is 1. The van der Waals surface area contributed by atoms with Crippen LogP contribution in [0.15, 0.2) is 48.5 Å². The van der Waals surface area contributed by atoms with Crippen molar-refractivity contribution in [2.24, 2.45) is 0 Å². The summed E-state index contributed by atoms with van der Waals surface area (Å²) in [5, 5.41) is 14.8. The van der Waals surface area contributed by atoms with Crippen molar-refractivity contribution >= 4 is 11.9 Å². The second-order valence-electron chi connectivity index (χ2n) is 6.23. The molecule has 0 aliphatic heterocycles. The normalized spacial score (nSPS) is 17.5. The Hall–Kier alpha value is -3.06. The molecule has 2 atom stereocenters. The van der Waals surface area contributed by atoms with E-state index in [4.69, 9.17) is 29.3 Å². The largest absolute Gasteiger partial charge is 0.493 e. The van der Waals surface area contributed by atoms with Crippen LogP contribution in [0.5, 0.6) is 11.5 Å². The van der Waals surface area contributed by atoms with Gasteiger partial charge in [-0.1, -0.05) is 36.4 Å². The van der Waals surface area contributed by atoms with Crippen molar-refractivity contribution in [3.8, 4) is 11.5 Å². The summed E-state index contributed by atoms with van der Waals surface area (Å²) in [7, 11) is 5.89. The fraction of sp³-hybridized carbons (Fsp3) is 0.300. The molecule has 0 radical (unpaired) electrons. The molecule has 1 aliphatic carbocycles. The lowest BCUT2D eigenvalue weighted by Gasteiger charge is -2.27. The van der Waals surface area contributed by atoms with Gasteiger partial charge in [0.25, 0.3) is 0 Å². The number of carboxylic acid groups (broad SMARTS) is 2. The van der Waals surface area contributed by atoms with E-state index in [1.165, 1.54) is 11.1 Å². The standard InChI is InChI=1S/C18H21NO2.C2H2O4/c1-19(2)15-12-13-8-4-5-9-14(13)18(15)21-17-11-7-6-10-16(17)20-3;3-1(4)2(5)6/h4-11,15,18H,12H2,1-3H3;(H,3,4)(H,5,6). The van der Waals surface area contributed by atoms with Crippen molar-refractivity contribution in [3.63, 3.8) is 0 Å². The van der Waals surface area contributed by atoms with Crippen LogP contribution in [0.25, 0.3) is 0 Å². The van der Waals surface area contributed by atoms with E-state index in [9.17, 15) is 0 Å². The Bertz CT molecular complexity index is 793. The van der Waals surface area contributed by atoms with Gasteiger partial charge in [-0.15, -0.1) is 0 Å². The molecule has 0 amide bonds. The molecule has 1 aliphatic rings. The third kappa shape index (κ3) is 4.98. The van der Waals surface area contributed by atoms with Crippen LogP contribution in [0.4, 0.5) is 0 Å². The van der Waals surface area contributed by atoms with Crippen LogP contribution in [0.3, 0.4) is 0 Å². The van der Waals surface area contributed by atoms with E-state index in [1.807, 2.05) is 24.3 Å². The highest BCUT2D eigenvalue weighted by Crippen LogP contribution is 2.39. The molecule has 2 aromatic rings. The van der Waals surface area contributed by atoms with Crippen molar-refractivity contribution in [1.82, 2.24) is 4.90 Å². The molecule has 27 heavy (non-hydrogen) atoms. The SMILES string of the molecule is COc1ccccc1OC1c2ccccc2CC1N(C)C.O=C(O)C(=O)O. The van der Waals surface area contributed by atoms with Gasteiger partial charge in [0, 0.05) is 0 Å². The highest BCUT2D eigenvalue weighted by atomic mass is 16.5. The average Bonchev–Trinajstić information content (AvgIpc) is 3.01. The number of nitrogens with zero attached hydrogens (tertiary/aromatic N) is 1. The average molecular weight is 373 g/mol. The van der Waals surface area contributed by atoms with Gasteiger partial charge in [0.1, 0.15) is 6.10 Å². The zero-order valence-electron chi connectivity index (χ0n) is 15.5. The summed E-state index contributed by atoms with van der Waals surface area (Å²) in [6, 6.07) is 16.7. The zero-order chi connectivity index (χ0) is 20.0. The van der Waals surface area contributed by atoms with Gasteiger partial charge in [0.15, 0.2) is 11.5 Å². The topological polar surface area (TPSA) is 96.3 Å². The third-order valence-electron chi connectivity index (χ3n) is 4.31. The second kappa shape index (κ2) is 9.05. The Balaban J connectivity index is 0.000000380. The van der Waals surface area contributed by atoms with E-state index in [0.29, 0.717) is 6.04 Å². The molecule has 0 heterocycles. The van der Waals surface area contributed by atoms with Crippen molar-refractivity contribution in [1.29, 1.82) is 0 Å². The van der Waals surface area contributed by atoms with E-state index in [-0.39, 0.29) is 6.10 Å². The number of carbonyl (C=O) groups is 2. The van der Waals surface area contributed by atoms with Crippen LogP contribution >= 0.6 is 0 Å². The molecule has 0 bridgehead atoms. The van der Waals surface area contributed by atoms with Gasteiger partial charge in [-0.25, -0.2) is 9.59 Å². The third-order valence-corrected chi connectivity index (χ3v) is 4.31. The van der Waals surface area contributed by atoms with E-state index in [1.54, 1.807) is 7.11 Å². The van der Waals surface area contributed by atoms with Crippen LogP contribution in [-0.2, 0) is 16.0 Å². The minimum absolute atomic E-state index is 0.0347. The maximum absolute atomic E-state index is 9.10. The van der Waals surface area contributed by atoms with E-state index >= 15 is 0 Å². The fourth-order valence-corrected chi connectivity index (χ4v) is 2.99. The van der Waals surface area contributed by atoms with Crippen LogP contribution in [0.1, 0.15) is 17.2 Å². The summed E-state index contributed by atoms with van der Waals surface area (Å²) >= 11 is 0. The molecule has 3 rings (SSSR count). The molecule has 0 fully saturated rings. The maximum Gasteiger partial charge on any atom is 0.414 e. The molecule has 2 aromatic carbocycles. The van der Waals surface area contributed by atoms with E-state index < -0.39 is 11.9 Å². The fourth-order valence-electron chi connectivity index (χ4n) is 2.99. The number of carboxylic acids is 2. The van der Waals surface area contributed by atoms with Crippen LogP contribution in [0.2, 0.25) is 0 Å². The predicted molar refractivity (Wildman–Crippen MR) is 99.3 cm³/mol. The van der Waals surface area contributed by atoms with Gasteiger partial charge in [-0.2, -0.15) is 0 Å². The first-order chi connectivity index (χ1) is 12.8. The number of hydrogen-bond donors (Lipinski definition) is 2. The Morgan fingerprint density at radius 3 is 2.07 bits per heavy atom. The molecule has 0 saturated heterocycles. The van der Waals surface area contributed by atoms with Gasteiger partial charge < -0.3 is 24.6 Å². The minimum atomic E-state index is -1.82. The first kappa shape index (κ1) is 20.3. The molecule has 0 aromatic heterocycles. The highest BCUT2D eigenvalue weighted by Gasteiger charge is 2.35. The Morgan fingerprint density at radius 2 is 1.52 bits per heavy atom. The lowest BCUT2D eigenvalue weighted by atomic mass is 10.1. The summed E-state index contributed by atoms with van der Waals surface area (Å²) in [6.07, 6.45) is 1.05. The van der Waals surface area contributed by atoms with Crippen LogP contribution < -0.4 is 9.47 Å². The highest BCUT2D eigenvalue weighted by molar-refractivity contribution is 6.27. The molecule has 2 N–H and O–H groups in total. The lowest BCUT2D eigenvalue weighted by molar-refractivity contribution is -0.159. The monoisotopic (exact) mass is 373 g/mol. The zero-order valence-corrected chi connectivity index (χ0v) is 15.5. The van der Waals surface area contributed by atoms with Crippen molar-refractivity contribution in [3.05, 3.63) is 59.7 Å². The molecule has 0 saturated carbocycles. The summed E-state index contributed by atoms with van der Waals surface area (Å²) in [5.41, 5.74) is 2.65. The van der Waals surface area contributed by atoms with Crippen LogP contribution in [0, 0.1) is 0 Å². The second-order valence-corrected chi connectivity index (χ2v) is 6.23. The molecule has 7 nitrogen and oxygen atoms in total. The smallest absolute Gasteiger partial charge is 0.414 e. The number of ether oxygens (including phenoxy) is 2. The number of hydrogen-bond acceptors (Lipinski definition) is 5. The summed E-state index contributed by atoms with van der Waals surface area (Å²) in [4.78, 5) is 20.4. The number of rotatable bonds is 4. The quantitative estimate of drug-likeness (QED) is 0.795. The first-order valence-corrected chi connectivity index (χ1v) is 8.35. The molecule has 144 valence electrons. The van der Waals surface area contributed by atoms with Gasteiger partial charge in [0.2, 0.25) is 0 Å². The molecule has 2 unspecified atom stereocenters. The summed E-state index contributed by atoms with van der Waals surface area (Å²) < 4.78 is 11.7.